The van der Waals surface area contributed by atoms with Crippen LogP contribution in [0.2, 0.25) is 0 Å². The Labute approximate surface area is 103 Å². The highest BCUT2D eigenvalue weighted by atomic mass is 16.1. The van der Waals surface area contributed by atoms with Crippen LogP contribution in [0.15, 0.2) is 24.3 Å². The van der Waals surface area contributed by atoms with Crippen LogP contribution in [0, 0.1) is 5.92 Å². The molecule has 0 aliphatic rings. The SMILES string of the molecule is CCC(NC(=O)Cc1ccccc1N)C(C)C. The number of para-hydroxylation sites is 1. The fourth-order valence-corrected chi connectivity index (χ4v) is 1.87. The first-order valence-corrected chi connectivity index (χ1v) is 6.17. The van der Waals surface area contributed by atoms with Crippen LogP contribution in [-0.2, 0) is 11.2 Å². The summed E-state index contributed by atoms with van der Waals surface area (Å²) in [6, 6.07) is 7.74. The van der Waals surface area contributed by atoms with Gasteiger partial charge in [-0.05, 0) is 24.0 Å². The minimum Gasteiger partial charge on any atom is -0.398 e. The van der Waals surface area contributed by atoms with Crippen molar-refractivity contribution < 1.29 is 4.79 Å². The molecule has 0 saturated heterocycles. The number of carbonyl (C=O) groups is 1. The predicted molar refractivity (Wildman–Crippen MR) is 71.6 cm³/mol. The first kappa shape index (κ1) is 13.6. The molecule has 0 radical (unpaired) electrons. The lowest BCUT2D eigenvalue weighted by atomic mass is 10.0. The quantitative estimate of drug-likeness (QED) is 0.768. The second-order valence-electron chi connectivity index (χ2n) is 4.70. The second-order valence-corrected chi connectivity index (χ2v) is 4.70. The fourth-order valence-electron chi connectivity index (χ4n) is 1.87. The Bertz CT molecular complexity index is 374. The van der Waals surface area contributed by atoms with Gasteiger partial charge in [-0.25, -0.2) is 0 Å². The van der Waals surface area contributed by atoms with E-state index >= 15 is 0 Å². The van der Waals surface area contributed by atoms with Crippen molar-refractivity contribution in [3.8, 4) is 0 Å². The largest absolute Gasteiger partial charge is 0.398 e. The van der Waals surface area contributed by atoms with Crippen LogP contribution < -0.4 is 11.1 Å². The van der Waals surface area contributed by atoms with Crippen LogP contribution in [0.4, 0.5) is 5.69 Å². The predicted octanol–water partition coefficient (Wildman–Crippen LogP) is 2.36. The minimum atomic E-state index is 0.0449. The van der Waals surface area contributed by atoms with Gasteiger partial charge in [-0.15, -0.1) is 0 Å². The summed E-state index contributed by atoms with van der Waals surface area (Å²) in [4.78, 5) is 11.9. The molecule has 1 rings (SSSR count). The summed E-state index contributed by atoms with van der Waals surface area (Å²) in [5, 5.41) is 3.05. The summed E-state index contributed by atoms with van der Waals surface area (Å²) >= 11 is 0. The van der Waals surface area contributed by atoms with E-state index in [4.69, 9.17) is 5.73 Å². The molecule has 0 bridgehead atoms. The van der Waals surface area contributed by atoms with Crippen LogP contribution in [0.1, 0.15) is 32.8 Å². The molecule has 0 fully saturated rings. The number of hydrogen-bond donors (Lipinski definition) is 2. The Morgan fingerprint density at radius 2 is 2.00 bits per heavy atom. The van der Waals surface area contributed by atoms with Crippen LogP contribution in [0.5, 0.6) is 0 Å². The zero-order valence-electron chi connectivity index (χ0n) is 10.9. The van der Waals surface area contributed by atoms with Crippen molar-refractivity contribution >= 4 is 11.6 Å². The van der Waals surface area contributed by atoms with Gasteiger partial charge in [0.1, 0.15) is 0 Å². The van der Waals surface area contributed by atoms with E-state index in [0.29, 0.717) is 18.0 Å². The molecule has 3 heteroatoms. The zero-order valence-corrected chi connectivity index (χ0v) is 10.9. The topological polar surface area (TPSA) is 55.1 Å². The van der Waals surface area contributed by atoms with Crippen LogP contribution in [0.3, 0.4) is 0 Å². The average molecular weight is 234 g/mol. The first-order valence-electron chi connectivity index (χ1n) is 6.17. The molecule has 0 aromatic heterocycles. The summed E-state index contributed by atoms with van der Waals surface area (Å²) in [6.45, 7) is 6.32. The van der Waals surface area contributed by atoms with Crippen molar-refractivity contribution in [1.29, 1.82) is 0 Å². The van der Waals surface area contributed by atoms with E-state index < -0.39 is 0 Å². The van der Waals surface area contributed by atoms with E-state index in [1.165, 1.54) is 0 Å². The van der Waals surface area contributed by atoms with Gasteiger partial charge in [0.2, 0.25) is 5.91 Å². The summed E-state index contributed by atoms with van der Waals surface area (Å²) in [5.41, 5.74) is 7.38. The van der Waals surface area contributed by atoms with E-state index in [1.807, 2.05) is 24.3 Å². The van der Waals surface area contributed by atoms with Crippen molar-refractivity contribution in [2.75, 3.05) is 5.73 Å². The number of nitrogens with one attached hydrogen (secondary N) is 1. The molecule has 0 spiro atoms. The zero-order chi connectivity index (χ0) is 12.8. The molecule has 0 saturated carbocycles. The maximum Gasteiger partial charge on any atom is 0.224 e. The van der Waals surface area contributed by atoms with Crippen molar-refractivity contribution in [2.45, 2.75) is 39.7 Å². The van der Waals surface area contributed by atoms with E-state index in [0.717, 1.165) is 12.0 Å². The molecule has 0 aliphatic heterocycles. The maximum atomic E-state index is 11.9. The first-order chi connectivity index (χ1) is 8.04. The molecule has 3 N–H and O–H groups in total. The van der Waals surface area contributed by atoms with E-state index in [1.54, 1.807) is 0 Å². The number of amides is 1. The molecule has 1 amide bonds. The van der Waals surface area contributed by atoms with Crippen molar-refractivity contribution in [3.63, 3.8) is 0 Å². The highest BCUT2D eigenvalue weighted by Gasteiger charge is 2.14. The van der Waals surface area contributed by atoms with Crippen LogP contribution in [0.25, 0.3) is 0 Å². The number of carbonyl (C=O) groups excluding carboxylic acids is 1. The summed E-state index contributed by atoms with van der Waals surface area (Å²) in [5.74, 6) is 0.500. The van der Waals surface area contributed by atoms with Crippen LogP contribution >= 0.6 is 0 Å². The van der Waals surface area contributed by atoms with Crippen molar-refractivity contribution in [3.05, 3.63) is 29.8 Å². The standard InChI is InChI=1S/C14H22N2O/c1-4-13(10(2)3)16-14(17)9-11-7-5-6-8-12(11)15/h5-8,10,13H,4,9,15H2,1-3H3,(H,16,17). The minimum absolute atomic E-state index is 0.0449. The Kier molecular flexibility index (Phi) is 5.01. The highest BCUT2D eigenvalue weighted by molar-refractivity contribution is 5.80. The molecule has 0 aliphatic carbocycles. The number of benzene rings is 1. The van der Waals surface area contributed by atoms with Gasteiger partial charge >= 0.3 is 0 Å². The van der Waals surface area contributed by atoms with E-state index in [9.17, 15) is 4.79 Å². The summed E-state index contributed by atoms with van der Waals surface area (Å²) < 4.78 is 0. The monoisotopic (exact) mass is 234 g/mol. The lowest BCUT2D eigenvalue weighted by Crippen LogP contribution is -2.38. The summed E-state index contributed by atoms with van der Waals surface area (Å²) in [6.07, 6.45) is 1.31. The van der Waals surface area contributed by atoms with Gasteiger partial charge in [-0.3, -0.25) is 4.79 Å². The molecule has 0 heterocycles. The molecule has 1 aromatic rings. The molecule has 17 heavy (non-hydrogen) atoms. The molecule has 94 valence electrons. The number of rotatable bonds is 5. The van der Waals surface area contributed by atoms with Gasteiger partial charge in [-0.2, -0.15) is 0 Å². The number of nitrogens with two attached hydrogens (primary N) is 1. The Morgan fingerprint density at radius 3 is 2.53 bits per heavy atom. The Balaban J connectivity index is 2.58. The molecule has 1 atom stereocenters. The van der Waals surface area contributed by atoms with E-state index in [2.05, 4.69) is 26.1 Å². The van der Waals surface area contributed by atoms with Gasteiger partial charge in [-0.1, -0.05) is 39.0 Å². The van der Waals surface area contributed by atoms with Crippen LogP contribution in [-0.4, -0.2) is 11.9 Å². The van der Waals surface area contributed by atoms with Gasteiger partial charge in [0.15, 0.2) is 0 Å². The van der Waals surface area contributed by atoms with Crippen molar-refractivity contribution in [1.82, 2.24) is 5.32 Å². The average Bonchev–Trinajstić information content (AvgIpc) is 2.28. The normalized spacial score (nSPS) is 12.5. The molecule has 1 aromatic carbocycles. The third-order valence-corrected chi connectivity index (χ3v) is 3.00. The third kappa shape index (κ3) is 4.10. The summed E-state index contributed by atoms with van der Waals surface area (Å²) in [7, 11) is 0. The number of nitrogen functional groups attached to an aromatic ring is 1. The molecular weight excluding hydrogens is 212 g/mol. The maximum absolute atomic E-state index is 11.9. The number of anilines is 1. The smallest absolute Gasteiger partial charge is 0.224 e. The fraction of sp³-hybridized carbons (Fsp3) is 0.500. The Morgan fingerprint density at radius 1 is 1.35 bits per heavy atom. The lowest BCUT2D eigenvalue weighted by Gasteiger charge is -2.20. The van der Waals surface area contributed by atoms with E-state index in [-0.39, 0.29) is 11.9 Å². The molecule has 1 unspecified atom stereocenters. The van der Waals surface area contributed by atoms with Crippen molar-refractivity contribution in [2.24, 2.45) is 5.92 Å². The van der Waals surface area contributed by atoms with Gasteiger partial charge in [0.05, 0.1) is 6.42 Å². The number of hydrogen-bond acceptors (Lipinski definition) is 2. The van der Waals surface area contributed by atoms with Gasteiger partial charge in [0.25, 0.3) is 0 Å². The Hall–Kier alpha value is -1.51. The highest BCUT2D eigenvalue weighted by Crippen LogP contribution is 2.12. The lowest BCUT2D eigenvalue weighted by molar-refractivity contribution is -0.121. The van der Waals surface area contributed by atoms with Gasteiger partial charge < -0.3 is 11.1 Å². The second kappa shape index (κ2) is 6.28. The van der Waals surface area contributed by atoms with Gasteiger partial charge in [0, 0.05) is 11.7 Å². The molecule has 3 nitrogen and oxygen atoms in total. The molecular formula is C14H22N2O. The third-order valence-electron chi connectivity index (χ3n) is 3.00.